The summed E-state index contributed by atoms with van der Waals surface area (Å²) in [5, 5.41) is 2.51. The summed E-state index contributed by atoms with van der Waals surface area (Å²) in [7, 11) is 1.73. The molecule has 1 aliphatic rings. The number of nitrogens with two attached hydrogens (primary N) is 1. The number of carbonyl (C=O) groups is 2. The van der Waals surface area contributed by atoms with E-state index in [9.17, 15) is 14.0 Å². The molecule has 2 amide bonds. The van der Waals surface area contributed by atoms with Crippen molar-refractivity contribution in [3.05, 3.63) is 24.0 Å². The standard InChI is InChI=1S/C14H19FN4O2/c1-9(19-6-5-18(2)13(20)8-19)14(21)17-12-7-10(16)3-4-11(12)15/h3-4,7,9H,5-6,8,16H2,1-2H3,(H,17,21). The quantitative estimate of drug-likeness (QED) is 0.796. The minimum absolute atomic E-state index is 0.0314. The Morgan fingerprint density at radius 2 is 2.14 bits per heavy atom. The minimum Gasteiger partial charge on any atom is -0.399 e. The van der Waals surface area contributed by atoms with Crippen LogP contribution in [0.2, 0.25) is 0 Å². The molecule has 1 atom stereocenters. The largest absolute Gasteiger partial charge is 0.399 e. The molecule has 3 N–H and O–H groups in total. The van der Waals surface area contributed by atoms with Gasteiger partial charge in [0.15, 0.2) is 0 Å². The van der Waals surface area contributed by atoms with E-state index in [1.54, 1.807) is 23.8 Å². The highest BCUT2D eigenvalue weighted by Gasteiger charge is 2.28. The van der Waals surface area contributed by atoms with Crippen LogP contribution in [0.5, 0.6) is 0 Å². The summed E-state index contributed by atoms with van der Waals surface area (Å²) in [5.74, 6) is -0.938. The number of anilines is 2. The predicted octanol–water partition coefficient (Wildman–Crippen LogP) is 0.509. The fourth-order valence-electron chi connectivity index (χ4n) is 2.15. The van der Waals surface area contributed by atoms with Gasteiger partial charge in [0.1, 0.15) is 5.82 Å². The number of likely N-dealkylation sites (N-methyl/N-ethyl adjacent to an activating group) is 1. The zero-order chi connectivity index (χ0) is 15.6. The monoisotopic (exact) mass is 294 g/mol. The number of piperazine rings is 1. The predicted molar refractivity (Wildman–Crippen MR) is 78.1 cm³/mol. The molecule has 114 valence electrons. The van der Waals surface area contributed by atoms with Gasteiger partial charge in [0, 0.05) is 25.8 Å². The van der Waals surface area contributed by atoms with Crippen molar-refractivity contribution in [1.29, 1.82) is 0 Å². The average Bonchev–Trinajstić information content (AvgIpc) is 2.45. The second kappa shape index (κ2) is 6.09. The Morgan fingerprint density at radius 3 is 2.81 bits per heavy atom. The fourth-order valence-corrected chi connectivity index (χ4v) is 2.15. The van der Waals surface area contributed by atoms with Crippen LogP contribution in [0.15, 0.2) is 18.2 Å². The van der Waals surface area contributed by atoms with Crippen molar-refractivity contribution in [3.8, 4) is 0 Å². The van der Waals surface area contributed by atoms with Gasteiger partial charge in [-0.05, 0) is 25.1 Å². The van der Waals surface area contributed by atoms with Crippen molar-refractivity contribution in [3.63, 3.8) is 0 Å². The van der Waals surface area contributed by atoms with E-state index in [-0.39, 0.29) is 24.0 Å². The number of rotatable bonds is 3. The van der Waals surface area contributed by atoms with Crippen LogP contribution >= 0.6 is 0 Å². The molecule has 1 heterocycles. The molecular formula is C14H19FN4O2. The number of nitrogens with one attached hydrogen (secondary N) is 1. The zero-order valence-corrected chi connectivity index (χ0v) is 12.1. The molecule has 2 rings (SSSR count). The van der Waals surface area contributed by atoms with Gasteiger partial charge >= 0.3 is 0 Å². The highest BCUT2D eigenvalue weighted by Crippen LogP contribution is 2.18. The van der Waals surface area contributed by atoms with E-state index in [0.29, 0.717) is 18.8 Å². The van der Waals surface area contributed by atoms with Gasteiger partial charge in [-0.1, -0.05) is 0 Å². The number of hydrogen-bond acceptors (Lipinski definition) is 4. The highest BCUT2D eigenvalue weighted by molar-refractivity contribution is 5.95. The Bertz CT molecular complexity index is 564. The number of halogens is 1. The molecule has 21 heavy (non-hydrogen) atoms. The summed E-state index contributed by atoms with van der Waals surface area (Å²) in [5.41, 5.74) is 6.00. The van der Waals surface area contributed by atoms with E-state index in [2.05, 4.69) is 5.32 Å². The summed E-state index contributed by atoms with van der Waals surface area (Å²) >= 11 is 0. The Kier molecular flexibility index (Phi) is 4.42. The first-order chi connectivity index (χ1) is 9.88. The van der Waals surface area contributed by atoms with Gasteiger partial charge in [-0.15, -0.1) is 0 Å². The van der Waals surface area contributed by atoms with Crippen molar-refractivity contribution in [2.75, 3.05) is 37.7 Å². The third-order valence-corrected chi connectivity index (χ3v) is 3.66. The van der Waals surface area contributed by atoms with Crippen LogP contribution in [0.25, 0.3) is 0 Å². The van der Waals surface area contributed by atoms with Crippen LogP contribution in [-0.4, -0.2) is 54.3 Å². The first-order valence-electron chi connectivity index (χ1n) is 6.72. The molecule has 6 nitrogen and oxygen atoms in total. The van der Waals surface area contributed by atoms with Crippen LogP contribution in [0.4, 0.5) is 15.8 Å². The molecule has 0 bridgehead atoms. The first-order valence-corrected chi connectivity index (χ1v) is 6.72. The van der Waals surface area contributed by atoms with Crippen molar-refractivity contribution >= 4 is 23.2 Å². The van der Waals surface area contributed by atoms with Crippen LogP contribution in [0.1, 0.15) is 6.92 Å². The van der Waals surface area contributed by atoms with Crippen LogP contribution in [0.3, 0.4) is 0 Å². The Morgan fingerprint density at radius 1 is 1.43 bits per heavy atom. The van der Waals surface area contributed by atoms with Crippen molar-refractivity contribution in [1.82, 2.24) is 9.80 Å². The summed E-state index contributed by atoms with van der Waals surface area (Å²) in [4.78, 5) is 27.2. The average molecular weight is 294 g/mol. The lowest BCUT2D eigenvalue weighted by molar-refractivity contribution is -0.136. The van der Waals surface area contributed by atoms with Gasteiger partial charge < -0.3 is 16.0 Å². The molecule has 1 saturated heterocycles. The van der Waals surface area contributed by atoms with Gasteiger partial charge in [0.05, 0.1) is 18.3 Å². The summed E-state index contributed by atoms with van der Waals surface area (Å²) in [6.07, 6.45) is 0. The molecule has 1 aromatic rings. The normalized spacial score (nSPS) is 17.7. The number of hydrogen-bond donors (Lipinski definition) is 2. The molecule has 0 saturated carbocycles. The van der Waals surface area contributed by atoms with E-state index in [1.807, 2.05) is 0 Å². The molecular weight excluding hydrogens is 275 g/mol. The van der Waals surface area contributed by atoms with Gasteiger partial charge in [0.2, 0.25) is 11.8 Å². The zero-order valence-electron chi connectivity index (χ0n) is 12.1. The molecule has 7 heteroatoms. The lowest BCUT2D eigenvalue weighted by atomic mass is 10.2. The Balaban J connectivity index is 2.03. The number of nitrogens with zero attached hydrogens (tertiary/aromatic N) is 2. The number of nitrogen functional groups attached to an aromatic ring is 1. The second-order valence-corrected chi connectivity index (χ2v) is 5.19. The van der Waals surface area contributed by atoms with E-state index in [0.717, 1.165) is 0 Å². The lowest BCUT2D eigenvalue weighted by Crippen LogP contribution is -2.54. The Hall–Kier alpha value is -2.15. The molecule has 1 aliphatic heterocycles. The maximum absolute atomic E-state index is 13.6. The van der Waals surface area contributed by atoms with E-state index < -0.39 is 11.9 Å². The highest BCUT2D eigenvalue weighted by atomic mass is 19.1. The minimum atomic E-state index is -0.542. The van der Waals surface area contributed by atoms with Crippen molar-refractivity contribution in [2.45, 2.75) is 13.0 Å². The lowest BCUT2D eigenvalue weighted by Gasteiger charge is -2.35. The number of benzene rings is 1. The SMILES string of the molecule is CC(C(=O)Nc1cc(N)ccc1F)N1CCN(C)C(=O)C1. The molecule has 0 aromatic heterocycles. The third-order valence-electron chi connectivity index (χ3n) is 3.66. The van der Waals surface area contributed by atoms with E-state index in [4.69, 9.17) is 5.73 Å². The van der Waals surface area contributed by atoms with Crippen molar-refractivity contribution in [2.24, 2.45) is 0 Å². The molecule has 1 unspecified atom stereocenters. The van der Waals surface area contributed by atoms with Gasteiger partial charge in [-0.25, -0.2) is 4.39 Å². The van der Waals surface area contributed by atoms with E-state index in [1.165, 1.54) is 18.2 Å². The van der Waals surface area contributed by atoms with Gasteiger partial charge in [-0.2, -0.15) is 0 Å². The maximum Gasteiger partial charge on any atom is 0.241 e. The smallest absolute Gasteiger partial charge is 0.241 e. The molecule has 1 aromatic carbocycles. The first kappa shape index (κ1) is 15.2. The van der Waals surface area contributed by atoms with Crippen molar-refractivity contribution < 1.29 is 14.0 Å². The molecule has 0 spiro atoms. The summed E-state index contributed by atoms with van der Waals surface area (Å²) in [6, 6.07) is 3.47. The van der Waals surface area contributed by atoms with Gasteiger partial charge in [0.25, 0.3) is 0 Å². The second-order valence-electron chi connectivity index (χ2n) is 5.19. The molecule has 0 aliphatic carbocycles. The summed E-state index contributed by atoms with van der Waals surface area (Å²) < 4.78 is 13.6. The van der Waals surface area contributed by atoms with Crippen LogP contribution in [-0.2, 0) is 9.59 Å². The molecule has 1 fully saturated rings. The number of amides is 2. The Labute approximate surface area is 122 Å². The topological polar surface area (TPSA) is 78.7 Å². The van der Waals surface area contributed by atoms with Crippen LogP contribution < -0.4 is 11.1 Å². The van der Waals surface area contributed by atoms with E-state index >= 15 is 0 Å². The summed E-state index contributed by atoms with van der Waals surface area (Å²) in [6.45, 7) is 3.06. The van der Waals surface area contributed by atoms with Gasteiger partial charge in [-0.3, -0.25) is 14.5 Å². The molecule has 0 radical (unpaired) electrons. The third kappa shape index (κ3) is 3.49. The number of carbonyl (C=O) groups excluding carboxylic acids is 2. The maximum atomic E-state index is 13.6. The fraction of sp³-hybridized carbons (Fsp3) is 0.429. The van der Waals surface area contributed by atoms with Crippen LogP contribution in [0, 0.1) is 5.82 Å².